The van der Waals surface area contributed by atoms with Crippen LogP contribution in [-0.2, 0) is 0 Å². The van der Waals surface area contributed by atoms with Crippen LogP contribution >= 0.6 is 0 Å². The van der Waals surface area contributed by atoms with Gasteiger partial charge in [0.25, 0.3) is 5.91 Å². The molecule has 0 atom stereocenters. The van der Waals surface area contributed by atoms with E-state index in [-0.39, 0.29) is 17.4 Å². The Morgan fingerprint density at radius 1 is 1.15 bits per heavy atom. The molecule has 1 aromatic heterocycles. The number of aryl methyl sites for hydroxylation is 1. The van der Waals surface area contributed by atoms with E-state index in [9.17, 15) is 9.59 Å². The monoisotopic (exact) mass is 355 g/mol. The summed E-state index contributed by atoms with van der Waals surface area (Å²) in [6.45, 7) is 4.99. The molecule has 0 saturated carbocycles. The molecule has 7 nitrogen and oxygen atoms in total. The number of anilines is 2. The smallest absolute Gasteiger partial charge is 0.274 e. The summed E-state index contributed by atoms with van der Waals surface area (Å²) in [5.41, 5.74) is 2.09. The highest BCUT2D eigenvalue weighted by molar-refractivity contribution is 6.04. The number of benzene rings is 1. The van der Waals surface area contributed by atoms with E-state index in [1.54, 1.807) is 30.3 Å². The van der Waals surface area contributed by atoms with Gasteiger partial charge in [-0.15, -0.1) is 0 Å². The molecule has 26 heavy (non-hydrogen) atoms. The van der Waals surface area contributed by atoms with Crippen molar-refractivity contribution in [2.75, 3.05) is 37.8 Å². The molecular formula is C19H25N5O2. The zero-order valence-electron chi connectivity index (χ0n) is 15.7. The summed E-state index contributed by atoms with van der Waals surface area (Å²) in [5.74, 6) is 0.0436. The van der Waals surface area contributed by atoms with E-state index in [0.29, 0.717) is 22.9 Å². The summed E-state index contributed by atoms with van der Waals surface area (Å²) >= 11 is 0. The molecule has 2 aromatic rings. The lowest BCUT2D eigenvalue weighted by Gasteiger charge is -2.11. The van der Waals surface area contributed by atoms with Crippen LogP contribution in [0.25, 0.3) is 0 Å². The van der Waals surface area contributed by atoms with Gasteiger partial charge in [-0.3, -0.25) is 9.59 Å². The van der Waals surface area contributed by atoms with Gasteiger partial charge in [-0.05, 0) is 59.1 Å². The highest BCUT2D eigenvalue weighted by atomic mass is 16.2. The minimum atomic E-state index is -0.340. The fraction of sp³-hybridized carbons (Fsp3) is 0.368. The van der Waals surface area contributed by atoms with Crippen molar-refractivity contribution in [2.45, 2.75) is 20.3 Å². The van der Waals surface area contributed by atoms with E-state index in [2.05, 4.69) is 25.5 Å². The third-order valence-corrected chi connectivity index (χ3v) is 3.68. The lowest BCUT2D eigenvalue weighted by Crippen LogP contribution is -2.19. The number of Topliss-reactive ketones (excluding diaryl/α,β-unsaturated/α-hetero) is 1. The van der Waals surface area contributed by atoms with Crippen LogP contribution in [0, 0.1) is 6.92 Å². The summed E-state index contributed by atoms with van der Waals surface area (Å²) < 4.78 is 0. The number of amides is 1. The van der Waals surface area contributed by atoms with Gasteiger partial charge < -0.3 is 15.5 Å². The average Bonchev–Trinajstić information content (AvgIpc) is 2.58. The van der Waals surface area contributed by atoms with Crippen molar-refractivity contribution in [3.8, 4) is 0 Å². The van der Waals surface area contributed by atoms with Crippen molar-refractivity contribution in [1.29, 1.82) is 0 Å². The number of carbonyl (C=O) groups is 2. The lowest BCUT2D eigenvalue weighted by atomic mass is 10.1. The first-order valence-corrected chi connectivity index (χ1v) is 8.52. The molecule has 0 aliphatic heterocycles. The molecule has 0 fully saturated rings. The van der Waals surface area contributed by atoms with Gasteiger partial charge in [-0.1, -0.05) is 12.1 Å². The second-order valence-corrected chi connectivity index (χ2v) is 6.39. The Hall–Kier alpha value is -2.80. The third-order valence-electron chi connectivity index (χ3n) is 3.68. The van der Waals surface area contributed by atoms with Gasteiger partial charge in [0.1, 0.15) is 5.69 Å². The first kappa shape index (κ1) is 19.5. The molecule has 138 valence electrons. The Kier molecular flexibility index (Phi) is 6.80. The van der Waals surface area contributed by atoms with Crippen LogP contribution in [0.1, 0.15) is 39.9 Å². The number of carbonyl (C=O) groups excluding carboxylic acids is 2. The molecule has 0 aliphatic carbocycles. The Morgan fingerprint density at radius 3 is 2.62 bits per heavy atom. The lowest BCUT2D eigenvalue weighted by molar-refractivity contribution is 0.100. The van der Waals surface area contributed by atoms with Gasteiger partial charge in [-0.2, -0.15) is 0 Å². The fourth-order valence-corrected chi connectivity index (χ4v) is 2.37. The number of nitrogens with zero attached hydrogens (tertiary/aromatic N) is 3. The molecule has 0 aliphatic rings. The molecule has 0 saturated heterocycles. The number of rotatable bonds is 8. The highest BCUT2D eigenvalue weighted by Gasteiger charge is 2.12. The van der Waals surface area contributed by atoms with Crippen LogP contribution in [0.15, 0.2) is 30.3 Å². The topological polar surface area (TPSA) is 87.2 Å². The molecular weight excluding hydrogens is 330 g/mol. The summed E-state index contributed by atoms with van der Waals surface area (Å²) in [6.07, 6.45) is 0.948. The largest absolute Gasteiger partial charge is 0.354 e. The minimum absolute atomic E-state index is 0.0526. The number of hydrogen-bond acceptors (Lipinski definition) is 6. The van der Waals surface area contributed by atoms with Crippen molar-refractivity contribution in [3.63, 3.8) is 0 Å². The standard InChI is InChI=1S/C19H25N5O2/c1-13-11-17(23-19(21-13)20-9-6-10-24(3)4)18(26)22-16-8-5-7-15(12-16)14(2)25/h5,7-8,11-12H,6,9-10H2,1-4H3,(H,22,26)(H,20,21,23). The van der Waals surface area contributed by atoms with Crippen molar-refractivity contribution in [3.05, 3.63) is 47.3 Å². The Morgan fingerprint density at radius 2 is 1.92 bits per heavy atom. The van der Waals surface area contributed by atoms with E-state index >= 15 is 0 Å². The normalized spacial score (nSPS) is 10.7. The summed E-state index contributed by atoms with van der Waals surface area (Å²) in [4.78, 5) is 34.7. The van der Waals surface area contributed by atoms with Crippen LogP contribution in [0.3, 0.4) is 0 Å². The van der Waals surface area contributed by atoms with Gasteiger partial charge in [0.15, 0.2) is 5.78 Å². The van der Waals surface area contributed by atoms with E-state index in [1.807, 2.05) is 21.0 Å². The third kappa shape index (κ3) is 5.93. The van der Waals surface area contributed by atoms with E-state index in [4.69, 9.17) is 0 Å². The van der Waals surface area contributed by atoms with Gasteiger partial charge in [0, 0.05) is 23.5 Å². The highest BCUT2D eigenvalue weighted by Crippen LogP contribution is 2.13. The molecule has 0 bridgehead atoms. The first-order chi connectivity index (χ1) is 12.3. The number of ketones is 1. The number of hydrogen-bond donors (Lipinski definition) is 2. The molecule has 1 heterocycles. The van der Waals surface area contributed by atoms with E-state index in [0.717, 1.165) is 19.5 Å². The van der Waals surface area contributed by atoms with Gasteiger partial charge in [0.2, 0.25) is 5.95 Å². The maximum Gasteiger partial charge on any atom is 0.274 e. The van der Waals surface area contributed by atoms with Crippen molar-refractivity contribution < 1.29 is 9.59 Å². The molecule has 1 aromatic carbocycles. The first-order valence-electron chi connectivity index (χ1n) is 8.52. The summed E-state index contributed by atoms with van der Waals surface area (Å²) in [5, 5.41) is 5.92. The molecule has 1 amide bonds. The predicted octanol–water partition coefficient (Wildman–Crippen LogP) is 2.60. The Labute approximate surface area is 153 Å². The van der Waals surface area contributed by atoms with E-state index in [1.165, 1.54) is 6.92 Å². The van der Waals surface area contributed by atoms with Crippen LogP contribution in [0.4, 0.5) is 11.6 Å². The Balaban J connectivity index is 2.06. The van der Waals surface area contributed by atoms with E-state index < -0.39 is 0 Å². The molecule has 7 heteroatoms. The summed E-state index contributed by atoms with van der Waals surface area (Å²) in [7, 11) is 4.04. The van der Waals surface area contributed by atoms with Gasteiger partial charge in [0.05, 0.1) is 0 Å². The number of nitrogens with one attached hydrogen (secondary N) is 2. The van der Waals surface area contributed by atoms with Crippen molar-refractivity contribution >= 4 is 23.3 Å². The van der Waals surface area contributed by atoms with Crippen LogP contribution in [0.5, 0.6) is 0 Å². The quantitative estimate of drug-likeness (QED) is 0.559. The molecule has 0 radical (unpaired) electrons. The fourth-order valence-electron chi connectivity index (χ4n) is 2.37. The van der Waals surface area contributed by atoms with Gasteiger partial charge in [-0.25, -0.2) is 9.97 Å². The van der Waals surface area contributed by atoms with Crippen LogP contribution in [0.2, 0.25) is 0 Å². The summed E-state index contributed by atoms with van der Waals surface area (Å²) in [6, 6.07) is 8.46. The zero-order valence-corrected chi connectivity index (χ0v) is 15.7. The Bertz CT molecular complexity index is 789. The van der Waals surface area contributed by atoms with Crippen LogP contribution in [-0.4, -0.2) is 53.7 Å². The maximum absolute atomic E-state index is 12.5. The van der Waals surface area contributed by atoms with Crippen molar-refractivity contribution in [1.82, 2.24) is 14.9 Å². The van der Waals surface area contributed by atoms with Gasteiger partial charge >= 0.3 is 0 Å². The molecule has 2 N–H and O–H groups in total. The zero-order chi connectivity index (χ0) is 19.1. The SMILES string of the molecule is CC(=O)c1cccc(NC(=O)c2cc(C)nc(NCCCN(C)C)n2)c1. The molecule has 2 rings (SSSR count). The number of aromatic nitrogens is 2. The molecule has 0 unspecified atom stereocenters. The average molecular weight is 355 g/mol. The maximum atomic E-state index is 12.5. The second kappa shape index (κ2) is 9.05. The molecule has 0 spiro atoms. The second-order valence-electron chi connectivity index (χ2n) is 6.39. The minimum Gasteiger partial charge on any atom is -0.354 e. The van der Waals surface area contributed by atoms with Crippen molar-refractivity contribution in [2.24, 2.45) is 0 Å². The predicted molar refractivity (Wildman–Crippen MR) is 103 cm³/mol. The van der Waals surface area contributed by atoms with Crippen LogP contribution < -0.4 is 10.6 Å².